The van der Waals surface area contributed by atoms with E-state index in [1.54, 1.807) is 18.2 Å². The second-order valence-electron chi connectivity index (χ2n) is 9.64. The third kappa shape index (κ3) is 3.18. The number of carbonyl (C=O) groups is 1. The molecule has 0 bridgehead atoms. The Morgan fingerprint density at radius 1 is 1.31 bits per heavy atom. The van der Waals surface area contributed by atoms with Gasteiger partial charge in [-0.15, -0.1) is 0 Å². The fourth-order valence-corrected chi connectivity index (χ4v) is 5.37. The average Bonchev–Trinajstić information content (AvgIpc) is 3.19. The summed E-state index contributed by atoms with van der Waals surface area (Å²) in [6.45, 7) is 6.21. The summed E-state index contributed by atoms with van der Waals surface area (Å²) in [4.78, 5) is 19.3. The summed E-state index contributed by atoms with van der Waals surface area (Å²) in [6.07, 6.45) is 4.01. The van der Waals surface area contributed by atoms with Gasteiger partial charge in [-0.05, 0) is 43.7 Å². The van der Waals surface area contributed by atoms with E-state index in [2.05, 4.69) is 42.3 Å². The maximum atomic E-state index is 13.6. The van der Waals surface area contributed by atoms with Crippen LogP contribution in [0.3, 0.4) is 0 Å². The SMILES string of the molecule is CN1CCC(OC2CC3=C(C=C2NO)C(=O)c2c([nH]c4cc(C#N)ccc24)C3(C)C)CC1. The van der Waals surface area contributed by atoms with Crippen LogP contribution >= 0.6 is 0 Å². The molecular formula is C25H28N4O3. The number of nitriles is 1. The Bertz CT molecular complexity index is 1210. The van der Waals surface area contributed by atoms with Gasteiger partial charge in [-0.3, -0.25) is 15.5 Å². The number of carbonyl (C=O) groups excluding carboxylic acids is 1. The van der Waals surface area contributed by atoms with Gasteiger partial charge in [-0.2, -0.15) is 5.26 Å². The van der Waals surface area contributed by atoms with Crippen LogP contribution in [0.25, 0.3) is 10.9 Å². The lowest BCUT2D eigenvalue weighted by Crippen LogP contribution is -2.41. The number of hydrogen-bond acceptors (Lipinski definition) is 6. The van der Waals surface area contributed by atoms with Gasteiger partial charge in [0.15, 0.2) is 5.78 Å². The van der Waals surface area contributed by atoms with Crippen LogP contribution in [0.5, 0.6) is 0 Å². The number of aromatic nitrogens is 1. The zero-order valence-electron chi connectivity index (χ0n) is 18.7. The lowest BCUT2D eigenvalue weighted by Gasteiger charge is -2.40. The van der Waals surface area contributed by atoms with Crippen molar-refractivity contribution >= 4 is 16.7 Å². The van der Waals surface area contributed by atoms with Gasteiger partial charge < -0.3 is 14.6 Å². The predicted octanol–water partition coefficient (Wildman–Crippen LogP) is 3.56. The molecule has 7 nitrogen and oxygen atoms in total. The van der Waals surface area contributed by atoms with Crippen LogP contribution in [0, 0.1) is 11.3 Å². The minimum absolute atomic E-state index is 0.0595. The van der Waals surface area contributed by atoms with Gasteiger partial charge in [0.25, 0.3) is 0 Å². The quantitative estimate of drug-likeness (QED) is 0.641. The molecule has 1 unspecified atom stereocenters. The zero-order chi connectivity index (χ0) is 22.6. The molecule has 2 aromatic rings. The third-order valence-corrected chi connectivity index (χ3v) is 7.29. The number of nitrogens with one attached hydrogen (secondary N) is 2. The van der Waals surface area contributed by atoms with Crippen LogP contribution in [-0.2, 0) is 10.2 Å². The molecule has 3 N–H and O–H groups in total. The van der Waals surface area contributed by atoms with Crippen molar-refractivity contribution < 1.29 is 14.7 Å². The number of H-pyrrole nitrogens is 1. The van der Waals surface area contributed by atoms with E-state index in [1.165, 1.54) is 0 Å². The van der Waals surface area contributed by atoms with Crippen LogP contribution in [0.2, 0.25) is 0 Å². The molecule has 32 heavy (non-hydrogen) atoms. The number of hydroxylamine groups is 1. The standard InChI is InChI=1S/C25H28N4O3/c1-25(2)18-12-21(32-15-6-8-29(3)9-7-15)20(28-31)11-17(18)23(30)22-16-5-4-14(13-26)10-19(16)27-24(22)25/h4-5,10-11,15,21,27-28,31H,6-9,12H2,1-3H3. The van der Waals surface area contributed by atoms with Crippen molar-refractivity contribution in [3.63, 3.8) is 0 Å². The largest absolute Gasteiger partial charge is 0.368 e. The highest BCUT2D eigenvalue weighted by molar-refractivity contribution is 6.20. The first kappa shape index (κ1) is 21.0. The lowest BCUT2D eigenvalue weighted by molar-refractivity contribution is -0.0348. The zero-order valence-corrected chi connectivity index (χ0v) is 18.7. The summed E-state index contributed by atoms with van der Waals surface area (Å²) in [5, 5.41) is 19.9. The number of fused-ring (bicyclic) bond motifs is 3. The van der Waals surface area contributed by atoms with Crippen LogP contribution in [0.4, 0.5) is 0 Å². The smallest absolute Gasteiger partial charge is 0.195 e. The molecule has 7 heteroatoms. The number of aromatic amines is 1. The monoisotopic (exact) mass is 432 g/mol. The molecular weight excluding hydrogens is 404 g/mol. The Labute approximate surface area is 187 Å². The Kier molecular flexibility index (Phi) is 4.97. The number of nitrogens with zero attached hydrogens (tertiary/aromatic N) is 2. The van der Waals surface area contributed by atoms with E-state index >= 15 is 0 Å². The first-order chi connectivity index (χ1) is 15.3. The fraction of sp³-hybridized carbons (Fsp3) is 0.440. The molecule has 1 atom stereocenters. The molecule has 1 fully saturated rings. The number of Topliss-reactive ketones (excluding diaryl/α,β-unsaturated/α-hetero) is 1. The molecule has 3 aliphatic rings. The molecule has 5 rings (SSSR count). The maximum absolute atomic E-state index is 13.6. The van der Waals surface area contributed by atoms with Crippen molar-refractivity contribution in [3.05, 3.63) is 57.9 Å². The number of likely N-dealkylation sites (tertiary alicyclic amines) is 1. The van der Waals surface area contributed by atoms with Crippen molar-refractivity contribution in [2.75, 3.05) is 20.1 Å². The average molecular weight is 433 g/mol. The topological polar surface area (TPSA) is 101 Å². The summed E-state index contributed by atoms with van der Waals surface area (Å²) in [6, 6.07) is 7.53. The Morgan fingerprint density at radius 2 is 2.06 bits per heavy atom. The minimum atomic E-state index is -0.420. The van der Waals surface area contributed by atoms with Gasteiger partial charge in [0.1, 0.15) is 6.10 Å². The van der Waals surface area contributed by atoms with Gasteiger partial charge in [-0.25, -0.2) is 0 Å². The van der Waals surface area contributed by atoms with E-state index < -0.39 is 5.41 Å². The summed E-state index contributed by atoms with van der Waals surface area (Å²) in [7, 11) is 2.11. The van der Waals surface area contributed by atoms with Crippen LogP contribution in [0.15, 0.2) is 41.1 Å². The molecule has 166 valence electrons. The van der Waals surface area contributed by atoms with Crippen molar-refractivity contribution in [2.24, 2.45) is 0 Å². The first-order valence-corrected chi connectivity index (χ1v) is 11.1. The van der Waals surface area contributed by atoms with Gasteiger partial charge in [0, 0.05) is 47.1 Å². The number of benzene rings is 1. The van der Waals surface area contributed by atoms with E-state index in [0.29, 0.717) is 28.8 Å². The molecule has 1 aromatic heterocycles. The van der Waals surface area contributed by atoms with Crippen molar-refractivity contribution in [2.45, 2.75) is 50.7 Å². The Hall–Kier alpha value is -2.92. The Balaban J connectivity index is 1.53. The Morgan fingerprint density at radius 3 is 2.75 bits per heavy atom. The van der Waals surface area contributed by atoms with Gasteiger partial charge in [0.2, 0.25) is 0 Å². The minimum Gasteiger partial charge on any atom is -0.368 e. The third-order valence-electron chi connectivity index (χ3n) is 7.29. The maximum Gasteiger partial charge on any atom is 0.195 e. The molecule has 0 amide bonds. The normalized spacial score (nSPS) is 23.5. The van der Waals surface area contributed by atoms with Crippen LogP contribution in [0.1, 0.15) is 54.7 Å². The van der Waals surface area contributed by atoms with Crippen molar-refractivity contribution in [1.29, 1.82) is 5.26 Å². The summed E-state index contributed by atoms with van der Waals surface area (Å²) >= 11 is 0. The lowest BCUT2D eigenvalue weighted by atomic mass is 9.67. The molecule has 0 radical (unpaired) electrons. The molecule has 1 aliphatic heterocycles. The van der Waals surface area contributed by atoms with Crippen molar-refractivity contribution in [3.8, 4) is 6.07 Å². The van der Waals surface area contributed by atoms with Gasteiger partial charge in [-0.1, -0.05) is 19.9 Å². The molecule has 1 aromatic carbocycles. The molecule has 0 saturated carbocycles. The second kappa shape index (κ2) is 7.59. The second-order valence-corrected chi connectivity index (χ2v) is 9.64. The number of ketones is 1. The number of allylic oxidation sites excluding steroid dienone is 2. The fourth-order valence-electron chi connectivity index (χ4n) is 5.37. The molecule has 1 saturated heterocycles. The van der Waals surface area contributed by atoms with Crippen LogP contribution < -0.4 is 5.48 Å². The summed E-state index contributed by atoms with van der Waals surface area (Å²) in [5.41, 5.74) is 6.91. The first-order valence-electron chi connectivity index (χ1n) is 11.1. The van der Waals surface area contributed by atoms with Gasteiger partial charge >= 0.3 is 0 Å². The predicted molar refractivity (Wildman–Crippen MR) is 120 cm³/mol. The van der Waals surface area contributed by atoms with Crippen LogP contribution in [-0.4, -0.2) is 53.2 Å². The highest BCUT2D eigenvalue weighted by Crippen LogP contribution is 2.48. The highest BCUT2D eigenvalue weighted by Gasteiger charge is 2.44. The van der Waals surface area contributed by atoms with E-state index in [-0.39, 0.29) is 18.0 Å². The molecule has 0 spiro atoms. The van der Waals surface area contributed by atoms with Gasteiger partial charge in [0.05, 0.1) is 29.0 Å². The number of ether oxygens (including phenoxy) is 1. The van der Waals surface area contributed by atoms with E-state index in [9.17, 15) is 15.3 Å². The summed E-state index contributed by atoms with van der Waals surface area (Å²) in [5.74, 6) is -0.0595. The number of rotatable bonds is 3. The highest BCUT2D eigenvalue weighted by atomic mass is 16.5. The van der Waals surface area contributed by atoms with E-state index in [4.69, 9.17) is 4.74 Å². The molecule has 2 aliphatic carbocycles. The van der Waals surface area contributed by atoms with Crippen molar-refractivity contribution in [1.82, 2.24) is 15.4 Å². The van der Waals surface area contributed by atoms with E-state index in [0.717, 1.165) is 48.1 Å². The summed E-state index contributed by atoms with van der Waals surface area (Å²) < 4.78 is 6.43. The van der Waals surface area contributed by atoms with E-state index in [1.807, 2.05) is 6.07 Å². The number of piperidine rings is 1. The molecule has 2 heterocycles. The number of hydrogen-bond donors (Lipinski definition) is 3.